The first-order valence-electron chi connectivity index (χ1n) is 11.1. The van der Waals surface area contributed by atoms with Gasteiger partial charge in [-0.05, 0) is 56.5 Å². The van der Waals surface area contributed by atoms with Gasteiger partial charge in [-0.1, -0.05) is 12.1 Å². The second kappa shape index (κ2) is 11.9. The lowest BCUT2D eigenvalue weighted by atomic mass is 10.1. The number of anilines is 1. The van der Waals surface area contributed by atoms with Crippen LogP contribution in [-0.2, 0) is 6.42 Å². The molecule has 3 aromatic rings. The summed E-state index contributed by atoms with van der Waals surface area (Å²) < 4.78 is 5.34. The van der Waals surface area contributed by atoms with Gasteiger partial charge in [0.25, 0.3) is 0 Å². The monoisotopic (exact) mass is 549 g/mol. The standard InChI is InChI=1S/C23H31N7O.HI/c1-3-24-23(25-12-11-21-27-22(29-28-21)20-10-7-15-31-20)26-17(2)18-8-6-9-19(16-18)30-13-4-5-14-30;/h6-10,15-17H,3-5,11-14H2,1-2H3,(H2,24,25,26)(H,27,28,29);1H. The van der Waals surface area contributed by atoms with Crippen LogP contribution in [0.25, 0.3) is 11.6 Å². The number of nitrogens with one attached hydrogen (secondary N) is 3. The maximum absolute atomic E-state index is 5.34. The van der Waals surface area contributed by atoms with Gasteiger partial charge in [-0.15, -0.1) is 24.0 Å². The Hall–Kier alpha value is -2.56. The molecule has 0 spiro atoms. The topological polar surface area (TPSA) is 94.4 Å². The summed E-state index contributed by atoms with van der Waals surface area (Å²) in [4.78, 5) is 11.7. The summed E-state index contributed by atoms with van der Waals surface area (Å²) in [6.45, 7) is 7.95. The minimum atomic E-state index is 0. The Labute approximate surface area is 206 Å². The molecule has 8 nitrogen and oxygen atoms in total. The van der Waals surface area contributed by atoms with Crippen LogP contribution >= 0.6 is 24.0 Å². The molecule has 2 aromatic heterocycles. The van der Waals surface area contributed by atoms with Crippen molar-refractivity contribution in [2.75, 3.05) is 31.1 Å². The van der Waals surface area contributed by atoms with E-state index in [0.717, 1.165) is 31.4 Å². The van der Waals surface area contributed by atoms with E-state index in [1.54, 1.807) is 6.26 Å². The molecule has 0 aliphatic carbocycles. The van der Waals surface area contributed by atoms with Gasteiger partial charge in [0, 0.05) is 38.3 Å². The molecule has 0 bridgehead atoms. The number of hydrogen-bond donors (Lipinski definition) is 3. The van der Waals surface area contributed by atoms with Gasteiger partial charge in [0.05, 0.1) is 12.3 Å². The molecule has 1 fully saturated rings. The van der Waals surface area contributed by atoms with E-state index in [2.05, 4.69) is 68.8 Å². The fourth-order valence-electron chi connectivity index (χ4n) is 3.77. The number of aromatic amines is 1. The molecule has 1 atom stereocenters. The van der Waals surface area contributed by atoms with Crippen molar-refractivity contribution < 1.29 is 4.42 Å². The zero-order chi connectivity index (χ0) is 21.5. The fraction of sp³-hybridized carbons (Fsp3) is 0.435. The van der Waals surface area contributed by atoms with Gasteiger partial charge in [0.15, 0.2) is 11.7 Å². The largest absolute Gasteiger partial charge is 0.461 e. The van der Waals surface area contributed by atoms with Crippen molar-refractivity contribution >= 4 is 35.6 Å². The Bertz CT molecular complexity index is 980. The summed E-state index contributed by atoms with van der Waals surface area (Å²) in [5.74, 6) is 2.82. The lowest BCUT2D eigenvalue weighted by Gasteiger charge is -2.22. The number of aromatic nitrogens is 3. The second-order valence-electron chi connectivity index (χ2n) is 7.75. The van der Waals surface area contributed by atoms with Gasteiger partial charge >= 0.3 is 0 Å². The van der Waals surface area contributed by atoms with Gasteiger partial charge in [-0.2, -0.15) is 5.10 Å². The third kappa shape index (κ3) is 6.24. The van der Waals surface area contributed by atoms with Gasteiger partial charge in [-0.3, -0.25) is 10.1 Å². The minimum Gasteiger partial charge on any atom is -0.461 e. The fourth-order valence-corrected chi connectivity index (χ4v) is 3.77. The Morgan fingerprint density at radius 1 is 1.25 bits per heavy atom. The van der Waals surface area contributed by atoms with Gasteiger partial charge in [-0.25, -0.2) is 4.98 Å². The molecule has 32 heavy (non-hydrogen) atoms. The molecule has 0 radical (unpaired) electrons. The summed E-state index contributed by atoms with van der Waals surface area (Å²) in [6, 6.07) is 12.6. The molecule has 3 N–H and O–H groups in total. The normalized spacial score (nSPS) is 14.8. The van der Waals surface area contributed by atoms with Crippen molar-refractivity contribution in [2.24, 2.45) is 4.99 Å². The number of rotatable bonds is 8. The van der Waals surface area contributed by atoms with E-state index >= 15 is 0 Å². The average molecular weight is 549 g/mol. The molecule has 1 unspecified atom stereocenters. The highest BCUT2D eigenvalue weighted by Crippen LogP contribution is 2.24. The SMILES string of the molecule is CCNC(=NCCc1nc(-c2ccco2)n[nH]1)NC(C)c1cccc(N2CCCC2)c1.I. The van der Waals surface area contributed by atoms with Crippen LogP contribution in [-0.4, -0.2) is 47.3 Å². The van der Waals surface area contributed by atoms with Crippen molar-refractivity contribution in [2.45, 2.75) is 39.2 Å². The van der Waals surface area contributed by atoms with Crippen LogP contribution in [0.3, 0.4) is 0 Å². The third-order valence-electron chi connectivity index (χ3n) is 5.43. The smallest absolute Gasteiger partial charge is 0.216 e. The molecule has 0 saturated carbocycles. The predicted molar refractivity (Wildman–Crippen MR) is 139 cm³/mol. The molecule has 1 aliphatic heterocycles. The van der Waals surface area contributed by atoms with E-state index in [9.17, 15) is 0 Å². The molecule has 1 aromatic carbocycles. The summed E-state index contributed by atoms with van der Waals surface area (Å²) in [5, 5.41) is 14.0. The van der Waals surface area contributed by atoms with E-state index in [0.29, 0.717) is 24.6 Å². The first kappa shape index (κ1) is 24.1. The first-order valence-corrected chi connectivity index (χ1v) is 11.1. The van der Waals surface area contributed by atoms with E-state index in [4.69, 9.17) is 9.41 Å². The zero-order valence-electron chi connectivity index (χ0n) is 18.7. The van der Waals surface area contributed by atoms with Crippen molar-refractivity contribution in [1.29, 1.82) is 0 Å². The number of benzene rings is 1. The average Bonchev–Trinajstić information content (AvgIpc) is 3.56. The summed E-state index contributed by atoms with van der Waals surface area (Å²) in [6.07, 6.45) is 4.85. The molecule has 172 valence electrons. The summed E-state index contributed by atoms with van der Waals surface area (Å²) >= 11 is 0. The van der Waals surface area contributed by atoms with Crippen molar-refractivity contribution in [3.63, 3.8) is 0 Å². The summed E-state index contributed by atoms with van der Waals surface area (Å²) in [7, 11) is 0. The van der Waals surface area contributed by atoms with Crippen LogP contribution in [0.1, 0.15) is 44.1 Å². The van der Waals surface area contributed by atoms with Crippen LogP contribution in [0.15, 0.2) is 52.1 Å². The maximum Gasteiger partial charge on any atom is 0.216 e. The number of guanidine groups is 1. The second-order valence-corrected chi connectivity index (χ2v) is 7.75. The van der Waals surface area contributed by atoms with Gasteiger partial charge in [0.2, 0.25) is 5.82 Å². The number of nitrogens with zero attached hydrogens (tertiary/aromatic N) is 4. The Balaban J connectivity index is 0.00000289. The molecule has 1 aliphatic rings. The van der Waals surface area contributed by atoms with Crippen molar-refractivity contribution in [3.05, 3.63) is 54.0 Å². The van der Waals surface area contributed by atoms with E-state index < -0.39 is 0 Å². The van der Waals surface area contributed by atoms with Crippen LogP contribution < -0.4 is 15.5 Å². The number of furan rings is 1. The van der Waals surface area contributed by atoms with Crippen LogP contribution in [0, 0.1) is 0 Å². The predicted octanol–water partition coefficient (Wildman–Crippen LogP) is 4.14. The van der Waals surface area contributed by atoms with Crippen molar-refractivity contribution in [3.8, 4) is 11.6 Å². The zero-order valence-corrected chi connectivity index (χ0v) is 21.0. The number of halogens is 1. The van der Waals surface area contributed by atoms with E-state index in [-0.39, 0.29) is 30.0 Å². The summed E-state index contributed by atoms with van der Waals surface area (Å²) in [5.41, 5.74) is 2.57. The Morgan fingerprint density at radius 2 is 2.09 bits per heavy atom. The molecular weight excluding hydrogens is 517 g/mol. The quantitative estimate of drug-likeness (QED) is 0.222. The third-order valence-corrected chi connectivity index (χ3v) is 5.43. The Morgan fingerprint density at radius 3 is 2.84 bits per heavy atom. The first-order chi connectivity index (χ1) is 15.2. The molecule has 9 heteroatoms. The highest BCUT2D eigenvalue weighted by atomic mass is 127. The molecule has 4 rings (SSSR count). The molecular formula is C23H32IN7O. The molecule has 3 heterocycles. The van der Waals surface area contributed by atoms with Crippen LogP contribution in [0.2, 0.25) is 0 Å². The number of hydrogen-bond acceptors (Lipinski definition) is 5. The lowest BCUT2D eigenvalue weighted by Crippen LogP contribution is -2.39. The Kier molecular flexibility index (Phi) is 8.95. The number of aliphatic imine (C=N–C) groups is 1. The maximum atomic E-state index is 5.34. The van der Waals surface area contributed by atoms with Crippen molar-refractivity contribution in [1.82, 2.24) is 25.8 Å². The lowest BCUT2D eigenvalue weighted by molar-refractivity contribution is 0.577. The van der Waals surface area contributed by atoms with E-state index in [1.165, 1.54) is 24.1 Å². The molecule has 1 saturated heterocycles. The minimum absolute atomic E-state index is 0. The van der Waals surface area contributed by atoms with E-state index in [1.807, 2.05) is 12.1 Å². The highest BCUT2D eigenvalue weighted by Gasteiger charge is 2.14. The highest BCUT2D eigenvalue weighted by molar-refractivity contribution is 14.0. The van der Waals surface area contributed by atoms with Crippen LogP contribution in [0.5, 0.6) is 0 Å². The number of H-pyrrole nitrogens is 1. The van der Waals surface area contributed by atoms with Crippen LogP contribution in [0.4, 0.5) is 5.69 Å². The van der Waals surface area contributed by atoms with Gasteiger partial charge < -0.3 is 20.0 Å². The molecule has 0 amide bonds. The van der Waals surface area contributed by atoms with Gasteiger partial charge in [0.1, 0.15) is 5.82 Å².